The van der Waals surface area contributed by atoms with Gasteiger partial charge in [0.05, 0.1) is 0 Å². The number of hydrogen-bond acceptors (Lipinski definition) is 2. The van der Waals surface area contributed by atoms with Gasteiger partial charge in [0.15, 0.2) is 0 Å². The lowest BCUT2D eigenvalue weighted by Crippen LogP contribution is -2.34. The average molecular weight is 285 g/mol. The molecule has 1 N–H and O–H groups in total. The van der Waals surface area contributed by atoms with E-state index < -0.39 is 0 Å². The lowest BCUT2D eigenvalue weighted by Gasteiger charge is -2.20. The maximum absolute atomic E-state index is 12.7. The number of aryl methyl sites for hydroxylation is 2. The zero-order valence-corrected chi connectivity index (χ0v) is 13.2. The van der Waals surface area contributed by atoms with Crippen LogP contribution in [0.5, 0.6) is 0 Å². The molecule has 1 amide bonds. The van der Waals surface area contributed by atoms with Crippen molar-refractivity contribution in [1.82, 2.24) is 14.8 Å². The van der Waals surface area contributed by atoms with E-state index in [0.29, 0.717) is 6.04 Å². The minimum Gasteiger partial charge on any atom is -0.358 e. The fraction of sp³-hybridized carbons (Fsp3) is 0.471. The van der Waals surface area contributed by atoms with Gasteiger partial charge in [-0.1, -0.05) is 0 Å². The van der Waals surface area contributed by atoms with E-state index in [1.807, 2.05) is 23.1 Å². The molecule has 2 aromatic rings. The number of fused-ring (bicyclic) bond motifs is 1. The first-order valence-electron chi connectivity index (χ1n) is 7.52. The standard InChI is InChI=1S/C17H23N3O/c1-11-12(2)18-16-6-5-13(9-15(11)16)17(21)20-8-7-14(10-20)19(3)4/h5-6,9,14,18H,7-8,10H2,1-4H3. The predicted octanol–water partition coefficient (Wildman–Crippen LogP) is 2.56. The third-order valence-electron chi connectivity index (χ3n) is 4.74. The minimum absolute atomic E-state index is 0.152. The molecule has 1 aromatic heterocycles. The third kappa shape index (κ3) is 2.44. The molecule has 1 aliphatic rings. The highest BCUT2D eigenvalue weighted by Gasteiger charge is 2.28. The van der Waals surface area contributed by atoms with Gasteiger partial charge >= 0.3 is 0 Å². The number of nitrogens with zero attached hydrogens (tertiary/aromatic N) is 2. The van der Waals surface area contributed by atoms with Crippen molar-refractivity contribution in [1.29, 1.82) is 0 Å². The van der Waals surface area contributed by atoms with E-state index in [-0.39, 0.29) is 5.91 Å². The average Bonchev–Trinajstić information content (AvgIpc) is 3.05. The van der Waals surface area contributed by atoms with Crippen LogP contribution in [-0.2, 0) is 0 Å². The first-order chi connectivity index (χ1) is 9.97. The second-order valence-electron chi connectivity index (χ2n) is 6.29. The van der Waals surface area contributed by atoms with Gasteiger partial charge in [0.2, 0.25) is 0 Å². The molecule has 2 heterocycles. The molecule has 1 atom stereocenters. The maximum atomic E-state index is 12.7. The Morgan fingerprint density at radius 1 is 1.33 bits per heavy atom. The topological polar surface area (TPSA) is 39.3 Å². The number of likely N-dealkylation sites (N-methyl/N-ethyl adjacent to an activating group) is 1. The molecule has 1 aromatic carbocycles. The first-order valence-corrected chi connectivity index (χ1v) is 7.52. The highest BCUT2D eigenvalue weighted by Crippen LogP contribution is 2.24. The first kappa shape index (κ1) is 14.1. The zero-order valence-electron chi connectivity index (χ0n) is 13.2. The summed E-state index contributed by atoms with van der Waals surface area (Å²) in [5.41, 5.74) is 4.30. The van der Waals surface area contributed by atoms with Crippen molar-refractivity contribution in [3.05, 3.63) is 35.0 Å². The van der Waals surface area contributed by atoms with Crippen molar-refractivity contribution in [2.45, 2.75) is 26.3 Å². The van der Waals surface area contributed by atoms with Crippen molar-refractivity contribution >= 4 is 16.8 Å². The SMILES string of the molecule is Cc1[nH]c2ccc(C(=O)N3CCC(N(C)C)C3)cc2c1C. The summed E-state index contributed by atoms with van der Waals surface area (Å²) in [5.74, 6) is 0.152. The quantitative estimate of drug-likeness (QED) is 0.921. The molecule has 4 nitrogen and oxygen atoms in total. The van der Waals surface area contributed by atoms with Gasteiger partial charge in [-0.25, -0.2) is 0 Å². The number of likely N-dealkylation sites (tertiary alicyclic amines) is 1. The van der Waals surface area contributed by atoms with E-state index in [1.165, 1.54) is 11.3 Å². The number of H-pyrrole nitrogens is 1. The molecule has 0 aliphatic carbocycles. The van der Waals surface area contributed by atoms with Crippen molar-refractivity contribution in [2.24, 2.45) is 0 Å². The van der Waals surface area contributed by atoms with Gasteiger partial charge in [0.25, 0.3) is 5.91 Å². The van der Waals surface area contributed by atoms with Crippen LogP contribution >= 0.6 is 0 Å². The number of amides is 1. The molecule has 1 aliphatic heterocycles. The lowest BCUT2D eigenvalue weighted by atomic mass is 10.1. The van der Waals surface area contributed by atoms with Gasteiger partial charge < -0.3 is 14.8 Å². The van der Waals surface area contributed by atoms with E-state index in [4.69, 9.17) is 0 Å². The number of aromatic nitrogens is 1. The lowest BCUT2D eigenvalue weighted by molar-refractivity contribution is 0.0783. The molecule has 112 valence electrons. The molecule has 1 fully saturated rings. The highest BCUT2D eigenvalue weighted by molar-refractivity contribution is 5.99. The molecule has 0 saturated carbocycles. The largest absolute Gasteiger partial charge is 0.358 e. The van der Waals surface area contributed by atoms with Crippen LogP contribution in [0.4, 0.5) is 0 Å². The molecule has 0 radical (unpaired) electrons. The summed E-state index contributed by atoms with van der Waals surface area (Å²) in [6.45, 7) is 5.85. The summed E-state index contributed by atoms with van der Waals surface area (Å²) in [6.07, 6.45) is 1.06. The molecular weight excluding hydrogens is 262 g/mol. The van der Waals surface area contributed by atoms with Crippen LogP contribution in [0.15, 0.2) is 18.2 Å². The van der Waals surface area contributed by atoms with Crippen LogP contribution in [0.1, 0.15) is 28.0 Å². The van der Waals surface area contributed by atoms with Gasteiger partial charge in [0, 0.05) is 41.3 Å². The summed E-state index contributed by atoms with van der Waals surface area (Å²) in [6, 6.07) is 6.46. The van der Waals surface area contributed by atoms with Gasteiger partial charge in [-0.05, 0) is 58.1 Å². The van der Waals surface area contributed by atoms with E-state index >= 15 is 0 Å². The molecule has 21 heavy (non-hydrogen) atoms. The molecular formula is C17H23N3O. The fourth-order valence-corrected chi connectivity index (χ4v) is 3.12. The Kier molecular flexibility index (Phi) is 3.49. The summed E-state index contributed by atoms with van der Waals surface area (Å²) < 4.78 is 0. The highest BCUT2D eigenvalue weighted by atomic mass is 16.2. The fourth-order valence-electron chi connectivity index (χ4n) is 3.12. The van der Waals surface area contributed by atoms with E-state index in [0.717, 1.165) is 36.0 Å². The Bertz CT molecular complexity index is 687. The Balaban J connectivity index is 1.87. The monoisotopic (exact) mass is 285 g/mol. The molecule has 1 saturated heterocycles. The van der Waals surface area contributed by atoms with E-state index in [2.05, 4.69) is 37.8 Å². The van der Waals surface area contributed by atoms with Crippen LogP contribution in [-0.4, -0.2) is 53.9 Å². The summed E-state index contributed by atoms with van der Waals surface area (Å²) in [5, 5.41) is 1.15. The number of rotatable bonds is 2. The van der Waals surface area contributed by atoms with Crippen LogP contribution in [0.25, 0.3) is 10.9 Å². The Morgan fingerprint density at radius 3 is 2.76 bits per heavy atom. The number of aromatic amines is 1. The molecule has 0 spiro atoms. The van der Waals surface area contributed by atoms with Gasteiger partial charge in [-0.2, -0.15) is 0 Å². The number of carbonyl (C=O) groups is 1. The second kappa shape index (κ2) is 5.19. The number of benzene rings is 1. The molecule has 1 unspecified atom stereocenters. The van der Waals surface area contributed by atoms with Crippen molar-refractivity contribution < 1.29 is 4.79 Å². The van der Waals surface area contributed by atoms with Crippen LogP contribution in [0.3, 0.4) is 0 Å². The Labute approximate surface area is 125 Å². The summed E-state index contributed by atoms with van der Waals surface area (Å²) >= 11 is 0. The van der Waals surface area contributed by atoms with Gasteiger partial charge in [0.1, 0.15) is 0 Å². The van der Waals surface area contributed by atoms with Crippen LogP contribution in [0, 0.1) is 13.8 Å². The maximum Gasteiger partial charge on any atom is 0.253 e. The normalized spacial score (nSPS) is 18.9. The number of hydrogen-bond donors (Lipinski definition) is 1. The van der Waals surface area contributed by atoms with Crippen LogP contribution in [0.2, 0.25) is 0 Å². The molecule has 0 bridgehead atoms. The van der Waals surface area contributed by atoms with Crippen LogP contribution < -0.4 is 0 Å². The van der Waals surface area contributed by atoms with Gasteiger partial charge in [-0.15, -0.1) is 0 Å². The van der Waals surface area contributed by atoms with Crippen molar-refractivity contribution in [3.8, 4) is 0 Å². The smallest absolute Gasteiger partial charge is 0.253 e. The van der Waals surface area contributed by atoms with E-state index in [9.17, 15) is 4.79 Å². The number of nitrogens with one attached hydrogen (secondary N) is 1. The van der Waals surface area contributed by atoms with Crippen molar-refractivity contribution in [3.63, 3.8) is 0 Å². The predicted molar refractivity (Wildman–Crippen MR) is 85.8 cm³/mol. The summed E-state index contributed by atoms with van der Waals surface area (Å²) in [4.78, 5) is 20.2. The molecule has 4 heteroatoms. The van der Waals surface area contributed by atoms with E-state index in [1.54, 1.807) is 0 Å². The second-order valence-corrected chi connectivity index (χ2v) is 6.29. The Hall–Kier alpha value is -1.81. The zero-order chi connectivity index (χ0) is 15.1. The third-order valence-corrected chi connectivity index (χ3v) is 4.74. The Morgan fingerprint density at radius 2 is 2.10 bits per heavy atom. The number of carbonyl (C=O) groups excluding carboxylic acids is 1. The summed E-state index contributed by atoms with van der Waals surface area (Å²) in [7, 11) is 4.16. The van der Waals surface area contributed by atoms with Crippen molar-refractivity contribution in [2.75, 3.05) is 27.2 Å². The molecule has 3 rings (SSSR count). The minimum atomic E-state index is 0.152. The van der Waals surface area contributed by atoms with Gasteiger partial charge in [-0.3, -0.25) is 4.79 Å².